The quantitative estimate of drug-likeness (QED) is 0.919. The Hall–Kier alpha value is -1.55. The van der Waals surface area contributed by atoms with E-state index in [2.05, 4.69) is 4.72 Å². The maximum Gasteiger partial charge on any atom is 0.235 e. The Kier molecular flexibility index (Phi) is 3.57. The maximum absolute atomic E-state index is 12.1. The van der Waals surface area contributed by atoms with E-state index in [-0.39, 0.29) is 0 Å². The van der Waals surface area contributed by atoms with Crippen molar-refractivity contribution < 1.29 is 8.42 Å². The molecule has 18 heavy (non-hydrogen) atoms. The smallest absolute Gasteiger partial charge is 0.235 e. The molecule has 0 saturated carbocycles. The van der Waals surface area contributed by atoms with E-state index in [4.69, 9.17) is 0 Å². The Balaban J connectivity index is 2.44. The summed E-state index contributed by atoms with van der Waals surface area (Å²) in [6.07, 6.45) is 0.597. The fourth-order valence-corrected chi connectivity index (χ4v) is 2.91. The molecule has 2 aromatic rings. The molecule has 0 aliphatic rings. The second-order valence-electron chi connectivity index (χ2n) is 4.39. The van der Waals surface area contributed by atoms with Gasteiger partial charge in [0.25, 0.3) is 0 Å². The standard InChI is InChI=1S/C14H17NO2S/c1-3-11(2)18(16,17)15-14-10-6-8-12-7-4-5-9-13(12)14/h4-11,15H,3H2,1-2H3. The lowest BCUT2D eigenvalue weighted by Crippen LogP contribution is -2.24. The van der Waals surface area contributed by atoms with Gasteiger partial charge in [-0.05, 0) is 24.8 Å². The zero-order valence-electron chi connectivity index (χ0n) is 10.6. The molecule has 2 aromatic carbocycles. The molecule has 1 unspecified atom stereocenters. The van der Waals surface area contributed by atoms with Gasteiger partial charge in [0.15, 0.2) is 0 Å². The van der Waals surface area contributed by atoms with Crippen molar-refractivity contribution in [3.8, 4) is 0 Å². The summed E-state index contributed by atoms with van der Waals surface area (Å²) >= 11 is 0. The van der Waals surface area contributed by atoms with Crippen molar-refractivity contribution in [2.75, 3.05) is 4.72 Å². The molecule has 0 spiro atoms. The monoisotopic (exact) mass is 263 g/mol. The Morgan fingerprint density at radius 3 is 2.50 bits per heavy atom. The predicted octanol–water partition coefficient (Wildman–Crippen LogP) is 3.38. The van der Waals surface area contributed by atoms with Crippen molar-refractivity contribution in [1.82, 2.24) is 0 Å². The van der Waals surface area contributed by atoms with Crippen LogP contribution in [0, 0.1) is 0 Å². The van der Waals surface area contributed by atoms with Gasteiger partial charge in [-0.3, -0.25) is 4.72 Å². The molecular formula is C14H17NO2S. The molecule has 0 amide bonds. The molecule has 1 N–H and O–H groups in total. The molecule has 0 aromatic heterocycles. The van der Waals surface area contributed by atoms with Crippen molar-refractivity contribution in [3.05, 3.63) is 42.5 Å². The summed E-state index contributed by atoms with van der Waals surface area (Å²) in [6, 6.07) is 13.4. The number of anilines is 1. The third kappa shape index (κ3) is 2.48. The largest absolute Gasteiger partial charge is 0.283 e. The van der Waals surface area contributed by atoms with E-state index in [0.717, 1.165) is 10.8 Å². The number of benzene rings is 2. The van der Waals surface area contributed by atoms with Crippen LogP contribution in [0.4, 0.5) is 5.69 Å². The maximum atomic E-state index is 12.1. The van der Waals surface area contributed by atoms with E-state index in [1.165, 1.54) is 0 Å². The van der Waals surface area contributed by atoms with Gasteiger partial charge in [0.1, 0.15) is 0 Å². The number of nitrogens with one attached hydrogen (secondary N) is 1. The molecule has 4 heteroatoms. The summed E-state index contributed by atoms with van der Waals surface area (Å²) < 4.78 is 26.8. The minimum atomic E-state index is -3.30. The summed E-state index contributed by atoms with van der Waals surface area (Å²) in [6.45, 7) is 3.58. The normalized spacial score (nSPS) is 13.4. The van der Waals surface area contributed by atoms with Crippen LogP contribution in [-0.2, 0) is 10.0 Å². The Bertz CT molecular complexity index is 644. The molecule has 0 aliphatic carbocycles. The molecule has 0 fully saturated rings. The van der Waals surface area contributed by atoms with E-state index in [1.54, 1.807) is 13.0 Å². The van der Waals surface area contributed by atoms with Crippen LogP contribution in [0.5, 0.6) is 0 Å². The third-order valence-corrected chi connectivity index (χ3v) is 5.04. The van der Waals surface area contributed by atoms with E-state index >= 15 is 0 Å². The van der Waals surface area contributed by atoms with Crippen molar-refractivity contribution in [1.29, 1.82) is 0 Å². The number of sulfonamides is 1. The molecule has 0 heterocycles. The van der Waals surface area contributed by atoms with Crippen molar-refractivity contribution in [2.45, 2.75) is 25.5 Å². The highest BCUT2D eigenvalue weighted by Crippen LogP contribution is 2.24. The molecule has 0 bridgehead atoms. The fourth-order valence-electron chi connectivity index (χ4n) is 1.79. The summed E-state index contributed by atoms with van der Waals surface area (Å²) in [5.41, 5.74) is 0.647. The van der Waals surface area contributed by atoms with E-state index < -0.39 is 15.3 Å². The van der Waals surface area contributed by atoms with Gasteiger partial charge in [-0.25, -0.2) is 8.42 Å². The zero-order valence-corrected chi connectivity index (χ0v) is 11.4. The first-order chi connectivity index (χ1) is 8.54. The van der Waals surface area contributed by atoms with Gasteiger partial charge in [0.05, 0.1) is 10.9 Å². The average molecular weight is 263 g/mol. The summed E-state index contributed by atoms with van der Waals surface area (Å²) in [7, 11) is -3.30. The molecule has 2 rings (SSSR count). The van der Waals surface area contributed by atoms with Crippen LogP contribution in [0.3, 0.4) is 0 Å². The van der Waals surface area contributed by atoms with Crippen LogP contribution < -0.4 is 4.72 Å². The van der Waals surface area contributed by atoms with Gasteiger partial charge in [-0.2, -0.15) is 0 Å². The van der Waals surface area contributed by atoms with Crippen molar-refractivity contribution in [2.24, 2.45) is 0 Å². The number of hydrogen-bond donors (Lipinski definition) is 1. The van der Waals surface area contributed by atoms with Gasteiger partial charge in [0.2, 0.25) is 10.0 Å². The average Bonchev–Trinajstić information content (AvgIpc) is 2.38. The predicted molar refractivity (Wildman–Crippen MR) is 76.2 cm³/mol. The molecule has 3 nitrogen and oxygen atoms in total. The summed E-state index contributed by atoms with van der Waals surface area (Å²) in [5.74, 6) is 0. The van der Waals surface area contributed by atoms with Crippen LogP contribution in [0.1, 0.15) is 20.3 Å². The van der Waals surface area contributed by atoms with E-state index in [1.807, 2.05) is 43.3 Å². The number of fused-ring (bicyclic) bond motifs is 1. The lowest BCUT2D eigenvalue weighted by Gasteiger charge is -2.14. The summed E-state index contributed by atoms with van der Waals surface area (Å²) in [4.78, 5) is 0. The van der Waals surface area contributed by atoms with Gasteiger partial charge < -0.3 is 0 Å². The van der Waals surface area contributed by atoms with Crippen LogP contribution >= 0.6 is 0 Å². The lowest BCUT2D eigenvalue weighted by molar-refractivity contribution is 0.586. The molecule has 0 radical (unpaired) electrons. The van der Waals surface area contributed by atoms with Gasteiger partial charge >= 0.3 is 0 Å². The highest BCUT2D eigenvalue weighted by atomic mass is 32.2. The molecule has 0 aliphatic heterocycles. The Morgan fingerprint density at radius 2 is 1.78 bits per heavy atom. The number of hydrogen-bond acceptors (Lipinski definition) is 2. The van der Waals surface area contributed by atoms with Crippen LogP contribution in [0.2, 0.25) is 0 Å². The van der Waals surface area contributed by atoms with E-state index in [9.17, 15) is 8.42 Å². The first kappa shape index (κ1) is 12.9. The third-order valence-electron chi connectivity index (χ3n) is 3.15. The highest BCUT2D eigenvalue weighted by Gasteiger charge is 2.19. The summed E-state index contributed by atoms with van der Waals surface area (Å²) in [5, 5.41) is 1.56. The lowest BCUT2D eigenvalue weighted by atomic mass is 10.1. The molecule has 0 saturated heterocycles. The molecular weight excluding hydrogens is 246 g/mol. The Labute approximate surface area is 108 Å². The SMILES string of the molecule is CCC(C)S(=O)(=O)Nc1cccc2ccccc12. The van der Waals surface area contributed by atoms with E-state index in [0.29, 0.717) is 12.1 Å². The second kappa shape index (κ2) is 4.98. The first-order valence-corrected chi connectivity index (χ1v) is 7.58. The zero-order chi connectivity index (χ0) is 13.2. The van der Waals surface area contributed by atoms with Crippen LogP contribution in [0.15, 0.2) is 42.5 Å². The van der Waals surface area contributed by atoms with Crippen molar-refractivity contribution >= 4 is 26.5 Å². The Morgan fingerprint density at radius 1 is 1.11 bits per heavy atom. The minimum Gasteiger partial charge on any atom is -0.283 e. The van der Waals surface area contributed by atoms with Crippen molar-refractivity contribution in [3.63, 3.8) is 0 Å². The second-order valence-corrected chi connectivity index (χ2v) is 6.49. The first-order valence-electron chi connectivity index (χ1n) is 6.04. The van der Waals surface area contributed by atoms with Gasteiger partial charge in [-0.15, -0.1) is 0 Å². The van der Waals surface area contributed by atoms with Crippen LogP contribution in [0.25, 0.3) is 10.8 Å². The fraction of sp³-hybridized carbons (Fsp3) is 0.286. The minimum absolute atomic E-state index is 0.392. The van der Waals surface area contributed by atoms with Crippen LogP contribution in [-0.4, -0.2) is 13.7 Å². The van der Waals surface area contributed by atoms with Gasteiger partial charge in [0, 0.05) is 5.39 Å². The molecule has 1 atom stereocenters. The number of rotatable bonds is 4. The highest BCUT2D eigenvalue weighted by molar-refractivity contribution is 7.93. The topological polar surface area (TPSA) is 46.2 Å². The molecule has 96 valence electrons. The van der Waals surface area contributed by atoms with Gasteiger partial charge in [-0.1, -0.05) is 43.3 Å².